The molecule has 1 aliphatic heterocycles. The molecule has 0 radical (unpaired) electrons. The number of aromatic nitrogens is 1. The third kappa shape index (κ3) is 3.95. The molecule has 0 aliphatic carbocycles. The maximum atomic E-state index is 11.8. The highest BCUT2D eigenvalue weighted by Gasteiger charge is 2.32. The van der Waals surface area contributed by atoms with E-state index in [1.807, 2.05) is 12.1 Å². The van der Waals surface area contributed by atoms with Crippen molar-refractivity contribution in [3.63, 3.8) is 0 Å². The molecule has 6 heteroatoms. The lowest BCUT2D eigenvalue weighted by atomic mass is 10.0. The minimum Gasteiger partial charge on any atom is -0.488 e. The molecule has 1 aromatic heterocycles. The average molecular weight is 327 g/mol. The fraction of sp³-hybridized carbons (Fsp3) is 0.333. The number of fused-ring (bicyclic) bond motifs is 1. The molecule has 0 unspecified atom stereocenters. The summed E-state index contributed by atoms with van der Waals surface area (Å²) in [5.41, 5.74) is 1.64. The van der Waals surface area contributed by atoms with E-state index >= 15 is 0 Å². The Morgan fingerprint density at radius 2 is 2.08 bits per heavy atom. The van der Waals surface area contributed by atoms with Crippen LogP contribution >= 0.6 is 0 Å². The quantitative estimate of drug-likeness (QED) is 0.828. The van der Waals surface area contributed by atoms with Gasteiger partial charge in [-0.05, 0) is 32.0 Å². The van der Waals surface area contributed by atoms with E-state index in [2.05, 4.69) is 35.5 Å². The molecule has 1 aliphatic rings. The zero-order valence-electron chi connectivity index (χ0n) is 13.8. The van der Waals surface area contributed by atoms with Crippen molar-refractivity contribution in [1.29, 1.82) is 0 Å². The largest absolute Gasteiger partial charge is 0.488 e. The lowest BCUT2D eigenvalue weighted by Gasteiger charge is -2.18. The number of amides is 2. The molecule has 1 aromatic carbocycles. The first-order chi connectivity index (χ1) is 11.5. The predicted molar refractivity (Wildman–Crippen MR) is 91.6 cm³/mol. The van der Waals surface area contributed by atoms with Gasteiger partial charge in [0, 0.05) is 30.1 Å². The molecule has 3 rings (SSSR count). The Morgan fingerprint density at radius 3 is 2.88 bits per heavy atom. The fourth-order valence-electron chi connectivity index (χ4n) is 2.64. The number of carbonyl (C=O) groups is 1. The third-order valence-electron chi connectivity index (χ3n) is 3.64. The van der Waals surface area contributed by atoms with E-state index in [-0.39, 0.29) is 11.6 Å². The van der Waals surface area contributed by atoms with Gasteiger partial charge in [0.25, 0.3) is 0 Å². The number of rotatable bonds is 5. The van der Waals surface area contributed by atoms with E-state index in [0.717, 1.165) is 23.5 Å². The number of anilines is 1. The summed E-state index contributed by atoms with van der Waals surface area (Å²) in [6.45, 7) is 4.87. The molecule has 0 spiro atoms. The lowest BCUT2D eigenvalue weighted by molar-refractivity contribution is 0.132. The summed E-state index contributed by atoms with van der Waals surface area (Å²) < 4.78 is 11.7. The van der Waals surface area contributed by atoms with E-state index in [4.69, 9.17) is 9.47 Å². The first-order valence-corrected chi connectivity index (χ1v) is 7.92. The summed E-state index contributed by atoms with van der Waals surface area (Å²) in [5.74, 6) is 1.53. The standard InChI is InChI=1S/C18H21N3O3/c1-18(2)12-13-4-3-5-15(16(13)24-18)23-11-10-20-17(22)21-14-6-8-19-9-7-14/h3-9H,10-12H2,1-2H3,(H2,19,20,21,22). The van der Waals surface area contributed by atoms with Gasteiger partial charge in [0.05, 0.1) is 6.54 Å². The Morgan fingerprint density at radius 1 is 1.29 bits per heavy atom. The number of para-hydroxylation sites is 1. The van der Waals surface area contributed by atoms with Gasteiger partial charge in [0.1, 0.15) is 12.2 Å². The molecule has 24 heavy (non-hydrogen) atoms. The molecule has 2 aromatic rings. The Labute approximate surface area is 141 Å². The molecule has 126 valence electrons. The zero-order chi connectivity index (χ0) is 17.0. The first-order valence-electron chi connectivity index (χ1n) is 7.92. The number of pyridine rings is 1. The smallest absolute Gasteiger partial charge is 0.319 e. The molecule has 2 amide bonds. The second-order valence-corrected chi connectivity index (χ2v) is 6.25. The molecule has 0 atom stereocenters. The van der Waals surface area contributed by atoms with Crippen LogP contribution in [-0.2, 0) is 6.42 Å². The van der Waals surface area contributed by atoms with E-state index in [1.165, 1.54) is 0 Å². The van der Waals surface area contributed by atoms with Crippen molar-refractivity contribution in [3.05, 3.63) is 48.3 Å². The monoisotopic (exact) mass is 327 g/mol. The van der Waals surface area contributed by atoms with Crippen molar-refractivity contribution < 1.29 is 14.3 Å². The Kier molecular flexibility index (Phi) is 4.55. The highest BCUT2D eigenvalue weighted by Crippen LogP contribution is 2.41. The maximum absolute atomic E-state index is 11.8. The molecule has 0 bridgehead atoms. The van der Waals surface area contributed by atoms with Crippen LogP contribution in [-0.4, -0.2) is 29.8 Å². The summed E-state index contributed by atoms with van der Waals surface area (Å²) in [7, 11) is 0. The van der Waals surface area contributed by atoms with Crippen LogP contribution in [0.25, 0.3) is 0 Å². The van der Waals surface area contributed by atoms with Gasteiger partial charge in [0.15, 0.2) is 11.5 Å². The van der Waals surface area contributed by atoms with Gasteiger partial charge in [-0.3, -0.25) is 4.98 Å². The molecule has 2 N–H and O–H groups in total. The number of ether oxygens (including phenoxy) is 2. The molecule has 6 nitrogen and oxygen atoms in total. The molecular weight excluding hydrogens is 306 g/mol. The highest BCUT2D eigenvalue weighted by molar-refractivity contribution is 5.89. The first kappa shape index (κ1) is 16.1. The Hall–Kier alpha value is -2.76. The molecular formula is C18H21N3O3. The minimum atomic E-state index is -0.277. The second-order valence-electron chi connectivity index (χ2n) is 6.25. The van der Waals surface area contributed by atoms with E-state index in [0.29, 0.717) is 18.8 Å². The Balaban J connectivity index is 1.46. The van der Waals surface area contributed by atoms with Gasteiger partial charge in [-0.25, -0.2) is 4.79 Å². The summed E-state index contributed by atoms with van der Waals surface area (Å²) in [6, 6.07) is 9.07. The zero-order valence-corrected chi connectivity index (χ0v) is 13.8. The van der Waals surface area contributed by atoms with Crippen LogP contribution in [0.5, 0.6) is 11.5 Å². The minimum absolute atomic E-state index is 0.204. The molecule has 0 fully saturated rings. The lowest BCUT2D eigenvalue weighted by Crippen LogP contribution is -2.32. The van der Waals surface area contributed by atoms with Crippen molar-refractivity contribution in [2.75, 3.05) is 18.5 Å². The van der Waals surface area contributed by atoms with Crippen LogP contribution in [0.4, 0.5) is 10.5 Å². The fourth-order valence-corrected chi connectivity index (χ4v) is 2.64. The van der Waals surface area contributed by atoms with Crippen molar-refractivity contribution >= 4 is 11.7 Å². The van der Waals surface area contributed by atoms with Crippen molar-refractivity contribution in [2.45, 2.75) is 25.9 Å². The number of nitrogens with zero attached hydrogens (tertiary/aromatic N) is 1. The predicted octanol–water partition coefficient (Wildman–Crippen LogP) is 3.00. The number of carbonyl (C=O) groups excluding carboxylic acids is 1. The van der Waals surface area contributed by atoms with Crippen LogP contribution < -0.4 is 20.1 Å². The van der Waals surface area contributed by atoms with Gasteiger partial charge in [0.2, 0.25) is 0 Å². The van der Waals surface area contributed by atoms with Gasteiger partial charge < -0.3 is 20.1 Å². The summed E-state index contributed by atoms with van der Waals surface area (Å²) >= 11 is 0. The average Bonchev–Trinajstić information content (AvgIpc) is 2.87. The van der Waals surface area contributed by atoms with Crippen LogP contribution in [0.15, 0.2) is 42.7 Å². The van der Waals surface area contributed by atoms with E-state index in [9.17, 15) is 4.79 Å². The highest BCUT2D eigenvalue weighted by atomic mass is 16.5. The van der Waals surface area contributed by atoms with Crippen LogP contribution in [0.1, 0.15) is 19.4 Å². The number of benzene rings is 1. The van der Waals surface area contributed by atoms with E-state index in [1.54, 1.807) is 24.5 Å². The number of urea groups is 1. The molecule has 2 heterocycles. The van der Waals surface area contributed by atoms with Crippen molar-refractivity contribution in [3.8, 4) is 11.5 Å². The number of hydrogen-bond donors (Lipinski definition) is 2. The normalized spacial score (nSPS) is 14.4. The molecule has 0 saturated carbocycles. The topological polar surface area (TPSA) is 72.5 Å². The number of nitrogens with one attached hydrogen (secondary N) is 2. The van der Waals surface area contributed by atoms with Crippen molar-refractivity contribution in [1.82, 2.24) is 10.3 Å². The molecule has 0 saturated heterocycles. The number of hydrogen-bond acceptors (Lipinski definition) is 4. The Bertz CT molecular complexity index is 717. The van der Waals surface area contributed by atoms with Gasteiger partial charge in [-0.15, -0.1) is 0 Å². The van der Waals surface area contributed by atoms with Gasteiger partial charge >= 0.3 is 6.03 Å². The summed E-state index contributed by atoms with van der Waals surface area (Å²) in [4.78, 5) is 15.7. The summed E-state index contributed by atoms with van der Waals surface area (Å²) in [5, 5.41) is 5.47. The van der Waals surface area contributed by atoms with Crippen LogP contribution in [0.3, 0.4) is 0 Å². The maximum Gasteiger partial charge on any atom is 0.319 e. The van der Waals surface area contributed by atoms with Gasteiger partial charge in [-0.2, -0.15) is 0 Å². The van der Waals surface area contributed by atoms with Crippen molar-refractivity contribution in [2.24, 2.45) is 0 Å². The summed E-state index contributed by atoms with van der Waals surface area (Å²) in [6.07, 6.45) is 4.11. The third-order valence-corrected chi connectivity index (χ3v) is 3.64. The van der Waals surface area contributed by atoms with Crippen LogP contribution in [0.2, 0.25) is 0 Å². The van der Waals surface area contributed by atoms with Gasteiger partial charge in [-0.1, -0.05) is 12.1 Å². The van der Waals surface area contributed by atoms with Crippen LogP contribution in [0, 0.1) is 0 Å². The van der Waals surface area contributed by atoms with E-state index < -0.39 is 0 Å². The SMILES string of the molecule is CC1(C)Cc2cccc(OCCNC(=O)Nc3ccncc3)c2O1. The second kappa shape index (κ2) is 6.78.